The molecule has 1 aromatic carbocycles. The molecule has 3 atom stereocenters. The summed E-state index contributed by atoms with van der Waals surface area (Å²) in [7, 11) is 0. The van der Waals surface area contributed by atoms with Crippen LogP contribution in [0.3, 0.4) is 0 Å². The van der Waals surface area contributed by atoms with Crippen molar-refractivity contribution in [3.8, 4) is 6.07 Å². The average Bonchev–Trinajstić information content (AvgIpc) is 2.98. The first kappa shape index (κ1) is 23.8. The lowest BCUT2D eigenvalue weighted by Crippen LogP contribution is -2.34. The van der Waals surface area contributed by atoms with Crippen molar-refractivity contribution >= 4 is 35.0 Å². The van der Waals surface area contributed by atoms with Gasteiger partial charge in [-0.3, -0.25) is 9.59 Å². The van der Waals surface area contributed by atoms with Crippen molar-refractivity contribution in [3.05, 3.63) is 35.4 Å². The first-order valence-corrected chi connectivity index (χ1v) is 10.9. The van der Waals surface area contributed by atoms with Gasteiger partial charge < -0.3 is 20.6 Å². The molecule has 0 radical (unpaired) electrons. The van der Waals surface area contributed by atoms with Crippen LogP contribution in [0.1, 0.15) is 41.0 Å². The van der Waals surface area contributed by atoms with Crippen LogP contribution >= 0.6 is 11.8 Å². The van der Waals surface area contributed by atoms with Crippen LogP contribution in [0.15, 0.2) is 35.4 Å². The van der Waals surface area contributed by atoms with Crippen molar-refractivity contribution in [1.29, 1.82) is 5.26 Å². The summed E-state index contributed by atoms with van der Waals surface area (Å²) in [6.07, 6.45) is 1.32. The van der Waals surface area contributed by atoms with Gasteiger partial charge in [-0.15, -0.1) is 0 Å². The van der Waals surface area contributed by atoms with Gasteiger partial charge in [0.05, 0.1) is 28.4 Å². The normalized spacial score (nSPS) is 20.0. The van der Waals surface area contributed by atoms with Gasteiger partial charge in [0.25, 0.3) is 5.91 Å². The van der Waals surface area contributed by atoms with Crippen molar-refractivity contribution in [2.24, 2.45) is 11.3 Å². The van der Waals surface area contributed by atoms with E-state index in [-0.39, 0.29) is 17.2 Å². The van der Waals surface area contributed by atoms with Crippen molar-refractivity contribution in [3.63, 3.8) is 0 Å². The second-order valence-electron chi connectivity index (χ2n) is 8.31. The van der Waals surface area contributed by atoms with E-state index in [9.17, 15) is 20.0 Å². The van der Waals surface area contributed by atoms with Gasteiger partial charge in [-0.1, -0.05) is 38.6 Å². The van der Waals surface area contributed by atoms with Crippen molar-refractivity contribution in [1.82, 2.24) is 4.90 Å². The zero-order valence-electron chi connectivity index (χ0n) is 18.1. The lowest BCUT2D eigenvalue weighted by atomic mass is 9.95. The van der Waals surface area contributed by atoms with Crippen molar-refractivity contribution < 1.29 is 14.7 Å². The van der Waals surface area contributed by atoms with E-state index in [1.54, 1.807) is 24.1 Å². The Morgan fingerprint density at radius 2 is 2.07 bits per heavy atom. The fourth-order valence-corrected chi connectivity index (χ4v) is 4.19. The van der Waals surface area contributed by atoms with E-state index in [1.807, 2.05) is 45.9 Å². The number of nitrogens with zero attached hydrogens (tertiary/aromatic N) is 2. The number of amides is 2. The van der Waals surface area contributed by atoms with E-state index in [0.29, 0.717) is 23.6 Å². The molecule has 1 aliphatic heterocycles. The van der Waals surface area contributed by atoms with Gasteiger partial charge in [-0.25, -0.2) is 0 Å². The number of aliphatic hydroxyl groups excluding tert-OH is 1. The number of hydrogen-bond donors (Lipinski definition) is 3. The highest BCUT2D eigenvalue weighted by Crippen LogP contribution is 2.38. The van der Waals surface area contributed by atoms with Gasteiger partial charge in [0.2, 0.25) is 5.91 Å². The van der Waals surface area contributed by atoms with E-state index < -0.39 is 17.4 Å². The first-order valence-electron chi connectivity index (χ1n) is 10.00. The molecular weight excluding hydrogens is 400 g/mol. The summed E-state index contributed by atoms with van der Waals surface area (Å²) < 4.78 is 0. The SMILES string of the molecule is CCN1C(=O)/C(=C\Nc2cccc(NC(=O)C(C)(C)C)c2)SC1CC(C#N)C(C)O. The fraction of sp³-hybridized carbons (Fsp3) is 0.500. The standard InChI is InChI=1S/C22H30N4O3S/c1-6-26-19(10-15(12-23)14(2)27)30-18(20(26)28)13-24-16-8-7-9-17(11-16)25-21(29)22(3,4)5/h7-9,11,13-15,19,24,27H,6,10H2,1-5H3,(H,25,29)/b18-13+. The van der Waals surface area contributed by atoms with Crippen LogP contribution in [0, 0.1) is 22.7 Å². The van der Waals surface area contributed by atoms with Crippen LogP contribution in [-0.2, 0) is 9.59 Å². The molecule has 1 heterocycles. The molecule has 3 unspecified atom stereocenters. The third kappa shape index (κ3) is 6.00. The quantitative estimate of drug-likeness (QED) is 0.569. The molecule has 1 aromatic rings. The Hall–Kier alpha value is -2.50. The highest BCUT2D eigenvalue weighted by atomic mass is 32.2. The third-order valence-corrected chi connectivity index (χ3v) is 6.06. The van der Waals surface area contributed by atoms with E-state index in [1.165, 1.54) is 11.8 Å². The van der Waals surface area contributed by atoms with Crippen LogP contribution in [0.2, 0.25) is 0 Å². The maximum absolute atomic E-state index is 12.7. The number of hydrogen-bond acceptors (Lipinski definition) is 6. The van der Waals surface area contributed by atoms with Gasteiger partial charge in [-0.05, 0) is 38.5 Å². The van der Waals surface area contributed by atoms with Gasteiger partial charge in [-0.2, -0.15) is 5.26 Å². The maximum atomic E-state index is 12.7. The highest BCUT2D eigenvalue weighted by Gasteiger charge is 2.37. The zero-order valence-corrected chi connectivity index (χ0v) is 18.9. The Kier molecular flexibility index (Phi) is 7.93. The summed E-state index contributed by atoms with van der Waals surface area (Å²) in [4.78, 5) is 27.2. The van der Waals surface area contributed by atoms with Gasteiger partial charge >= 0.3 is 0 Å². The molecule has 0 bridgehead atoms. The van der Waals surface area contributed by atoms with Crippen LogP contribution in [0.25, 0.3) is 0 Å². The molecule has 0 saturated carbocycles. The first-order chi connectivity index (χ1) is 14.1. The summed E-state index contributed by atoms with van der Waals surface area (Å²) >= 11 is 1.39. The van der Waals surface area contributed by atoms with Crippen molar-refractivity contribution in [2.75, 3.05) is 17.2 Å². The Morgan fingerprint density at radius 3 is 2.63 bits per heavy atom. The Bertz CT molecular complexity index is 855. The van der Waals surface area contributed by atoms with Crippen molar-refractivity contribution in [2.45, 2.75) is 52.5 Å². The monoisotopic (exact) mass is 430 g/mol. The Balaban J connectivity index is 2.10. The summed E-state index contributed by atoms with van der Waals surface area (Å²) in [6, 6.07) is 9.41. The topological polar surface area (TPSA) is 105 Å². The smallest absolute Gasteiger partial charge is 0.262 e. The number of likely N-dealkylation sites (N-methyl/N-ethyl adjacent to an activating group) is 1. The molecule has 1 aliphatic rings. The minimum atomic E-state index is -0.749. The Morgan fingerprint density at radius 1 is 1.40 bits per heavy atom. The molecule has 7 nitrogen and oxygen atoms in total. The largest absolute Gasteiger partial charge is 0.392 e. The maximum Gasteiger partial charge on any atom is 0.262 e. The highest BCUT2D eigenvalue weighted by molar-refractivity contribution is 8.05. The Labute approximate surface area is 182 Å². The number of carbonyl (C=O) groups is 2. The molecule has 8 heteroatoms. The molecular formula is C22H30N4O3S. The van der Waals surface area contributed by atoms with E-state index >= 15 is 0 Å². The molecule has 162 valence electrons. The van der Waals surface area contributed by atoms with E-state index in [0.717, 1.165) is 5.69 Å². The second-order valence-corrected chi connectivity index (χ2v) is 9.53. The van der Waals surface area contributed by atoms with Gasteiger partial charge in [0.1, 0.15) is 0 Å². The molecule has 3 N–H and O–H groups in total. The second kappa shape index (κ2) is 10.0. The molecule has 0 aromatic heterocycles. The lowest BCUT2D eigenvalue weighted by Gasteiger charge is -2.24. The van der Waals surface area contributed by atoms with E-state index in [2.05, 4.69) is 16.7 Å². The van der Waals surface area contributed by atoms with Gasteiger partial charge in [0.15, 0.2) is 0 Å². The lowest BCUT2D eigenvalue weighted by molar-refractivity contribution is -0.126. The summed E-state index contributed by atoms with van der Waals surface area (Å²) in [5.74, 6) is -0.703. The predicted molar refractivity (Wildman–Crippen MR) is 120 cm³/mol. The molecule has 0 spiro atoms. The molecule has 1 saturated heterocycles. The van der Waals surface area contributed by atoms with E-state index in [4.69, 9.17) is 0 Å². The summed E-state index contributed by atoms with van der Waals surface area (Å²) in [5.41, 5.74) is 0.920. The number of nitriles is 1. The van der Waals surface area contributed by atoms with Crippen LogP contribution in [0.4, 0.5) is 11.4 Å². The average molecular weight is 431 g/mol. The minimum Gasteiger partial charge on any atom is -0.392 e. The minimum absolute atomic E-state index is 0.0777. The molecule has 2 rings (SSSR count). The number of carbonyl (C=O) groups excluding carboxylic acids is 2. The fourth-order valence-electron chi connectivity index (χ4n) is 2.88. The summed E-state index contributed by atoms with van der Waals surface area (Å²) in [5, 5.41) is 24.8. The molecule has 0 aliphatic carbocycles. The number of rotatable bonds is 7. The van der Waals surface area contributed by atoms with Crippen LogP contribution in [-0.4, -0.2) is 39.8 Å². The third-order valence-electron chi connectivity index (χ3n) is 4.80. The number of aliphatic hydroxyl groups is 1. The molecule has 2 amide bonds. The predicted octanol–water partition coefficient (Wildman–Crippen LogP) is 3.76. The molecule has 30 heavy (non-hydrogen) atoms. The van der Waals surface area contributed by atoms with Crippen LogP contribution in [0.5, 0.6) is 0 Å². The van der Waals surface area contributed by atoms with Gasteiger partial charge in [0, 0.05) is 29.5 Å². The number of benzene rings is 1. The number of nitrogens with one attached hydrogen (secondary N) is 2. The van der Waals surface area contributed by atoms with Crippen LogP contribution < -0.4 is 10.6 Å². The zero-order chi connectivity index (χ0) is 22.5. The summed E-state index contributed by atoms with van der Waals surface area (Å²) in [6.45, 7) is 9.56. The number of anilines is 2. The number of thioether (sulfide) groups is 1. The molecule has 1 fully saturated rings.